The highest BCUT2D eigenvalue weighted by atomic mass is 32.2. The third-order valence-corrected chi connectivity index (χ3v) is 5.66. The lowest BCUT2D eigenvalue weighted by Gasteiger charge is -2.24. The van der Waals surface area contributed by atoms with Crippen molar-refractivity contribution >= 4 is 23.4 Å². The van der Waals surface area contributed by atoms with E-state index in [1.807, 2.05) is 67.3 Å². The highest BCUT2D eigenvalue weighted by Gasteiger charge is 2.24. The molecule has 0 saturated heterocycles. The fraction of sp³-hybridized carbons (Fsp3) is 0.318. The SMILES string of the molecule is CCN(C(=O)[C@@H](C)Sc1nnc(Cc2ccccc2)n1CC)c1ccccc1. The lowest BCUT2D eigenvalue weighted by molar-refractivity contribution is -0.117. The van der Waals surface area contributed by atoms with Crippen molar-refractivity contribution in [2.75, 3.05) is 11.4 Å². The van der Waals surface area contributed by atoms with Crippen molar-refractivity contribution in [2.24, 2.45) is 0 Å². The van der Waals surface area contributed by atoms with Crippen molar-refractivity contribution in [2.45, 2.75) is 44.1 Å². The predicted octanol–water partition coefficient (Wildman–Crippen LogP) is 4.42. The van der Waals surface area contributed by atoms with Crippen molar-refractivity contribution in [3.8, 4) is 0 Å². The predicted molar refractivity (Wildman–Crippen MR) is 115 cm³/mol. The van der Waals surface area contributed by atoms with Crippen LogP contribution in [0.25, 0.3) is 0 Å². The number of anilines is 1. The Bertz CT molecular complexity index is 895. The molecule has 1 heterocycles. The molecule has 0 radical (unpaired) electrons. The maximum Gasteiger partial charge on any atom is 0.240 e. The average Bonchev–Trinajstić information content (AvgIpc) is 3.11. The van der Waals surface area contributed by atoms with Gasteiger partial charge in [0.05, 0.1) is 5.25 Å². The van der Waals surface area contributed by atoms with Crippen LogP contribution in [0.15, 0.2) is 65.8 Å². The van der Waals surface area contributed by atoms with Gasteiger partial charge in [-0.3, -0.25) is 4.79 Å². The van der Waals surface area contributed by atoms with E-state index in [2.05, 4.69) is 33.8 Å². The summed E-state index contributed by atoms with van der Waals surface area (Å²) in [6, 6.07) is 20.0. The molecule has 0 N–H and O–H groups in total. The summed E-state index contributed by atoms with van der Waals surface area (Å²) in [5.74, 6) is 1.00. The molecule has 0 unspecified atom stereocenters. The van der Waals surface area contributed by atoms with Crippen LogP contribution in [0.3, 0.4) is 0 Å². The van der Waals surface area contributed by atoms with E-state index in [0.717, 1.165) is 29.6 Å². The van der Waals surface area contributed by atoms with Gasteiger partial charge in [-0.1, -0.05) is 60.3 Å². The zero-order chi connectivity index (χ0) is 19.9. The van der Waals surface area contributed by atoms with E-state index in [1.165, 1.54) is 17.3 Å². The summed E-state index contributed by atoms with van der Waals surface area (Å²) < 4.78 is 2.10. The van der Waals surface area contributed by atoms with Gasteiger partial charge < -0.3 is 9.47 Å². The molecule has 146 valence electrons. The number of carbonyl (C=O) groups is 1. The Morgan fingerprint density at radius 2 is 1.68 bits per heavy atom. The first-order valence-electron chi connectivity index (χ1n) is 9.63. The summed E-state index contributed by atoms with van der Waals surface area (Å²) in [6.45, 7) is 7.41. The molecular formula is C22H26N4OS. The molecule has 5 nitrogen and oxygen atoms in total. The minimum Gasteiger partial charge on any atom is -0.312 e. The van der Waals surface area contributed by atoms with Crippen LogP contribution in [0.4, 0.5) is 5.69 Å². The molecule has 3 aromatic rings. The lowest BCUT2D eigenvalue weighted by atomic mass is 10.1. The molecule has 1 atom stereocenters. The zero-order valence-electron chi connectivity index (χ0n) is 16.6. The first kappa shape index (κ1) is 20.1. The van der Waals surface area contributed by atoms with Crippen molar-refractivity contribution < 1.29 is 4.79 Å². The Morgan fingerprint density at radius 1 is 1.04 bits per heavy atom. The number of carbonyl (C=O) groups excluding carboxylic acids is 1. The summed E-state index contributed by atoms with van der Waals surface area (Å²) in [7, 11) is 0. The third kappa shape index (κ3) is 4.62. The van der Waals surface area contributed by atoms with E-state index < -0.39 is 0 Å². The van der Waals surface area contributed by atoms with Gasteiger partial charge >= 0.3 is 0 Å². The van der Waals surface area contributed by atoms with Crippen molar-refractivity contribution in [1.29, 1.82) is 0 Å². The average molecular weight is 395 g/mol. The van der Waals surface area contributed by atoms with Crippen LogP contribution in [0, 0.1) is 0 Å². The van der Waals surface area contributed by atoms with Gasteiger partial charge in [0.15, 0.2) is 5.16 Å². The minimum absolute atomic E-state index is 0.0777. The highest BCUT2D eigenvalue weighted by molar-refractivity contribution is 8.00. The van der Waals surface area contributed by atoms with E-state index in [-0.39, 0.29) is 11.2 Å². The maximum atomic E-state index is 13.0. The molecule has 0 fully saturated rings. The van der Waals surface area contributed by atoms with E-state index >= 15 is 0 Å². The molecule has 6 heteroatoms. The van der Waals surface area contributed by atoms with Gasteiger partial charge in [-0.2, -0.15) is 0 Å². The minimum atomic E-state index is -0.251. The largest absolute Gasteiger partial charge is 0.312 e. The van der Waals surface area contributed by atoms with E-state index in [1.54, 1.807) is 0 Å². The Hall–Kier alpha value is -2.60. The van der Waals surface area contributed by atoms with Gasteiger partial charge in [0.2, 0.25) is 5.91 Å². The number of hydrogen-bond donors (Lipinski definition) is 0. The number of thioether (sulfide) groups is 1. The van der Waals surface area contributed by atoms with Crippen molar-refractivity contribution in [3.63, 3.8) is 0 Å². The number of amides is 1. The highest BCUT2D eigenvalue weighted by Crippen LogP contribution is 2.26. The molecule has 3 rings (SSSR count). The van der Waals surface area contributed by atoms with Gasteiger partial charge in [0.25, 0.3) is 0 Å². The number of para-hydroxylation sites is 1. The van der Waals surface area contributed by atoms with Gasteiger partial charge in [0, 0.05) is 25.2 Å². The molecule has 1 amide bonds. The molecule has 0 spiro atoms. The smallest absolute Gasteiger partial charge is 0.240 e. The summed E-state index contributed by atoms with van der Waals surface area (Å²) in [5, 5.41) is 9.29. The number of aromatic nitrogens is 3. The molecule has 0 aliphatic rings. The van der Waals surface area contributed by atoms with Crippen molar-refractivity contribution in [1.82, 2.24) is 14.8 Å². The van der Waals surface area contributed by atoms with Crippen LogP contribution in [0.1, 0.15) is 32.2 Å². The molecule has 0 aliphatic heterocycles. The standard InChI is InChI=1S/C22H26N4OS/c1-4-25(19-14-10-7-11-15-19)21(27)17(3)28-22-24-23-20(26(22)5-2)16-18-12-8-6-9-13-18/h6-15,17H,4-5,16H2,1-3H3/t17-/m1/s1. The quantitative estimate of drug-likeness (QED) is 0.531. The Labute approximate surface area is 170 Å². The van der Waals surface area contributed by atoms with E-state index in [9.17, 15) is 4.79 Å². The normalized spacial score (nSPS) is 12.0. The number of benzene rings is 2. The molecular weight excluding hydrogens is 368 g/mol. The summed E-state index contributed by atoms with van der Waals surface area (Å²) in [6.07, 6.45) is 0.732. The second kappa shape index (κ2) is 9.55. The van der Waals surface area contributed by atoms with Gasteiger partial charge in [-0.05, 0) is 38.5 Å². The van der Waals surface area contributed by atoms with Crippen molar-refractivity contribution in [3.05, 3.63) is 72.1 Å². The molecule has 0 aliphatic carbocycles. The molecule has 2 aromatic carbocycles. The number of rotatable bonds is 8. The van der Waals surface area contributed by atoms with Crippen LogP contribution in [-0.2, 0) is 17.8 Å². The maximum absolute atomic E-state index is 13.0. The van der Waals surface area contributed by atoms with Crippen LogP contribution in [0.2, 0.25) is 0 Å². The Morgan fingerprint density at radius 3 is 2.29 bits per heavy atom. The first-order chi connectivity index (χ1) is 13.6. The second-order valence-corrected chi connectivity index (χ2v) is 7.79. The Kier molecular flexibility index (Phi) is 6.87. The summed E-state index contributed by atoms with van der Waals surface area (Å²) in [4.78, 5) is 14.8. The second-order valence-electron chi connectivity index (χ2n) is 6.48. The van der Waals surface area contributed by atoms with Crippen LogP contribution in [-0.4, -0.2) is 32.5 Å². The zero-order valence-corrected chi connectivity index (χ0v) is 17.4. The van der Waals surface area contributed by atoms with E-state index in [4.69, 9.17) is 0 Å². The molecule has 28 heavy (non-hydrogen) atoms. The van der Waals surface area contributed by atoms with Crippen LogP contribution >= 0.6 is 11.8 Å². The summed E-state index contributed by atoms with van der Waals surface area (Å²) in [5.41, 5.74) is 2.12. The topological polar surface area (TPSA) is 51.0 Å². The fourth-order valence-corrected chi connectivity index (χ4v) is 4.13. The van der Waals surface area contributed by atoms with Crippen LogP contribution < -0.4 is 4.90 Å². The van der Waals surface area contributed by atoms with Gasteiger partial charge in [0.1, 0.15) is 5.82 Å². The third-order valence-electron chi connectivity index (χ3n) is 4.59. The number of hydrogen-bond acceptors (Lipinski definition) is 4. The molecule has 0 bridgehead atoms. The van der Waals surface area contributed by atoms with E-state index in [0.29, 0.717) is 6.54 Å². The molecule has 0 saturated carbocycles. The van der Waals surface area contributed by atoms with Crippen LogP contribution in [0.5, 0.6) is 0 Å². The monoisotopic (exact) mass is 394 g/mol. The summed E-state index contributed by atoms with van der Waals surface area (Å²) >= 11 is 1.47. The lowest BCUT2D eigenvalue weighted by Crippen LogP contribution is -2.36. The fourth-order valence-electron chi connectivity index (χ4n) is 3.13. The van der Waals surface area contributed by atoms with Gasteiger partial charge in [-0.15, -0.1) is 10.2 Å². The Balaban J connectivity index is 1.74. The first-order valence-corrected chi connectivity index (χ1v) is 10.5. The molecule has 1 aromatic heterocycles. The number of nitrogens with zero attached hydrogens (tertiary/aromatic N) is 4. The van der Waals surface area contributed by atoms with Gasteiger partial charge in [-0.25, -0.2) is 0 Å².